The molecule has 0 spiro atoms. The third-order valence-corrected chi connectivity index (χ3v) is 3.03. The van der Waals surface area contributed by atoms with Gasteiger partial charge in [-0.3, -0.25) is 0 Å². The van der Waals surface area contributed by atoms with Crippen LogP contribution in [0.1, 0.15) is 18.9 Å². The molecule has 1 heteroatoms. The second kappa shape index (κ2) is 5.47. The third-order valence-electron chi connectivity index (χ3n) is 2.11. The van der Waals surface area contributed by atoms with Gasteiger partial charge in [-0.05, 0) is 42.4 Å². The Balaban J connectivity index is 2.20. The van der Waals surface area contributed by atoms with Crippen LogP contribution < -0.4 is 0 Å². The minimum atomic E-state index is 0.954. The predicted molar refractivity (Wildman–Crippen MR) is 70.9 cm³/mol. The van der Waals surface area contributed by atoms with Gasteiger partial charge in [0, 0.05) is 5.56 Å². The van der Waals surface area contributed by atoms with Gasteiger partial charge >= 0.3 is 0 Å². The molecule has 0 atom stereocenters. The quantitative estimate of drug-likeness (QED) is 0.472. The van der Waals surface area contributed by atoms with Crippen LogP contribution in [0.15, 0.2) is 58.0 Å². The summed E-state index contributed by atoms with van der Waals surface area (Å²) >= 11 is 1.69. The first-order valence-electron chi connectivity index (χ1n) is 5.21. The fourth-order valence-electron chi connectivity index (χ4n) is 1.32. The van der Waals surface area contributed by atoms with Crippen LogP contribution in [0.25, 0.3) is 0 Å². The molecule has 1 aromatic rings. The first-order valence-corrected chi connectivity index (χ1v) is 6.03. The van der Waals surface area contributed by atoms with E-state index in [1.54, 1.807) is 11.8 Å². The van der Waals surface area contributed by atoms with Gasteiger partial charge in [-0.1, -0.05) is 42.0 Å². The summed E-state index contributed by atoms with van der Waals surface area (Å²) in [6, 6.07) is 10.0. The lowest BCUT2D eigenvalue weighted by Gasteiger charge is -1.94. The second-order valence-electron chi connectivity index (χ2n) is 3.45. The van der Waals surface area contributed by atoms with Gasteiger partial charge in [0.2, 0.25) is 0 Å². The average Bonchev–Trinajstić information content (AvgIpc) is 2.52. The Morgan fingerprint density at radius 1 is 1.19 bits per heavy atom. The summed E-state index contributed by atoms with van der Waals surface area (Å²) in [6.45, 7) is 2.11. The smallest absolute Gasteiger partial charge is 0.101 e. The molecule has 0 aromatic heterocycles. The molecule has 0 radical (unpaired) electrons. The molecule has 0 fully saturated rings. The van der Waals surface area contributed by atoms with E-state index in [1.807, 2.05) is 36.4 Å². The number of rotatable bonds is 0. The number of benzene rings is 1. The zero-order valence-electron chi connectivity index (χ0n) is 9.16. The molecule has 16 heavy (non-hydrogen) atoms. The highest BCUT2D eigenvalue weighted by molar-refractivity contribution is 8.07. The van der Waals surface area contributed by atoms with Crippen molar-refractivity contribution < 1.29 is 0 Å². The summed E-state index contributed by atoms with van der Waals surface area (Å²) in [4.78, 5) is 2.29. The van der Waals surface area contributed by atoms with Crippen molar-refractivity contribution in [2.75, 3.05) is 0 Å². The predicted octanol–water partition coefficient (Wildman–Crippen LogP) is 4.12. The number of allylic oxidation sites excluding steroid dienone is 3. The van der Waals surface area contributed by atoms with Crippen LogP contribution in [-0.2, 0) is 0 Å². The SMILES string of the molecule is CC1=CCC=C=C(C#Cc2ccccc2)S1. The number of hydrogen-bond acceptors (Lipinski definition) is 1. The van der Waals surface area contributed by atoms with Crippen LogP contribution in [0.5, 0.6) is 0 Å². The van der Waals surface area contributed by atoms with E-state index in [-0.39, 0.29) is 0 Å². The normalized spacial score (nSPS) is 14.3. The van der Waals surface area contributed by atoms with Gasteiger partial charge < -0.3 is 0 Å². The first kappa shape index (κ1) is 10.9. The van der Waals surface area contributed by atoms with Crippen molar-refractivity contribution in [3.8, 4) is 11.8 Å². The van der Waals surface area contributed by atoms with Crippen molar-refractivity contribution >= 4 is 11.8 Å². The van der Waals surface area contributed by atoms with Gasteiger partial charge in [-0.2, -0.15) is 0 Å². The molecule has 0 amide bonds. The fraction of sp³-hybridized carbons (Fsp3) is 0.133. The van der Waals surface area contributed by atoms with Gasteiger partial charge in [0.25, 0.3) is 0 Å². The zero-order chi connectivity index (χ0) is 11.2. The molecule has 0 N–H and O–H groups in total. The molecule has 0 unspecified atom stereocenters. The van der Waals surface area contributed by atoms with Gasteiger partial charge in [-0.15, -0.1) is 5.73 Å². The Morgan fingerprint density at radius 3 is 2.81 bits per heavy atom. The van der Waals surface area contributed by atoms with Crippen molar-refractivity contribution in [1.82, 2.24) is 0 Å². The van der Waals surface area contributed by atoms with Crippen LogP contribution >= 0.6 is 11.8 Å². The molecule has 0 aliphatic carbocycles. The largest absolute Gasteiger partial charge is 0.104 e. The van der Waals surface area contributed by atoms with E-state index in [1.165, 1.54) is 4.91 Å². The van der Waals surface area contributed by atoms with Crippen LogP contribution in [0.2, 0.25) is 0 Å². The molecule has 1 aliphatic heterocycles. The summed E-state index contributed by atoms with van der Waals surface area (Å²) in [5, 5.41) is 0. The highest BCUT2D eigenvalue weighted by Crippen LogP contribution is 2.25. The Bertz CT molecular complexity index is 518. The second-order valence-corrected chi connectivity index (χ2v) is 4.70. The van der Waals surface area contributed by atoms with Crippen LogP contribution in [0.3, 0.4) is 0 Å². The van der Waals surface area contributed by atoms with E-state index in [4.69, 9.17) is 0 Å². The van der Waals surface area contributed by atoms with E-state index >= 15 is 0 Å². The number of hydrogen-bond donors (Lipinski definition) is 0. The van der Waals surface area contributed by atoms with E-state index in [2.05, 4.69) is 30.6 Å². The highest BCUT2D eigenvalue weighted by Gasteiger charge is 1.97. The molecule has 78 valence electrons. The molecular formula is C15H12S. The van der Waals surface area contributed by atoms with Gasteiger partial charge in [-0.25, -0.2) is 0 Å². The monoisotopic (exact) mass is 224 g/mol. The Hall–Kier alpha value is -1.61. The third kappa shape index (κ3) is 3.21. The zero-order valence-corrected chi connectivity index (χ0v) is 9.97. The van der Waals surface area contributed by atoms with E-state index < -0.39 is 0 Å². The molecule has 2 rings (SSSR count). The van der Waals surface area contributed by atoms with Crippen molar-refractivity contribution in [3.63, 3.8) is 0 Å². The highest BCUT2D eigenvalue weighted by atomic mass is 32.2. The van der Waals surface area contributed by atoms with Gasteiger partial charge in [0.15, 0.2) is 0 Å². The fourth-order valence-corrected chi connectivity index (χ4v) is 2.07. The molecule has 1 aliphatic rings. The molecular weight excluding hydrogens is 212 g/mol. The maximum Gasteiger partial charge on any atom is 0.104 e. The van der Waals surface area contributed by atoms with E-state index in [0.29, 0.717) is 0 Å². The Morgan fingerprint density at radius 2 is 2.00 bits per heavy atom. The molecule has 0 saturated carbocycles. The Labute approximate surface area is 101 Å². The number of thioether (sulfide) groups is 1. The van der Waals surface area contributed by atoms with Crippen molar-refractivity contribution in [3.05, 3.63) is 63.6 Å². The summed E-state index contributed by atoms with van der Waals surface area (Å²) in [6.07, 6.45) is 5.17. The Kier molecular flexibility index (Phi) is 3.72. The van der Waals surface area contributed by atoms with Gasteiger partial charge in [0.05, 0.1) is 0 Å². The van der Waals surface area contributed by atoms with Crippen molar-refractivity contribution in [2.24, 2.45) is 0 Å². The van der Waals surface area contributed by atoms with Crippen LogP contribution in [0, 0.1) is 11.8 Å². The van der Waals surface area contributed by atoms with E-state index in [0.717, 1.165) is 16.9 Å². The lowest BCUT2D eigenvalue weighted by molar-refractivity contribution is 1.38. The lowest BCUT2D eigenvalue weighted by Crippen LogP contribution is -1.73. The minimum Gasteiger partial charge on any atom is -0.101 e. The lowest BCUT2D eigenvalue weighted by atomic mass is 10.2. The first-order chi connectivity index (χ1) is 7.84. The van der Waals surface area contributed by atoms with Crippen molar-refractivity contribution in [1.29, 1.82) is 0 Å². The average molecular weight is 224 g/mol. The van der Waals surface area contributed by atoms with Gasteiger partial charge in [0.1, 0.15) is 4.91 Å². The summed E-state index contributed by atoms with van der Waals surface area (Å²) in [7, 11) is 0. The maximum absolute atomic E-state index is 3.21. The van der Waals surface area contributed by atoms with Crippen LogP contribution in [-0.4, -0.2) is 0 Å². The molecule has 0 bridgehead atoms. The summed E-state index contributed by atoms with van der Waals surface area (Å²) in [5.74, 6) is 6.30. The maximum atomic E-state index is 3.21. The standard InChI is InChI=1S/C15H12S/c1-13-7-5-6-10-15(16-13)12-11-14-8-3-2-4-9-14/h2-4,6-9H,5H2,1H3. The minimum absolute atomic E-state index is 0.954. The van der Waals surface area contributed by atoms with E-state index in [9.17, 15) is 0 Å². The molecule has 0 nitrogen and oxygen atoms in total. The van der Waals surface area contributed by atoms with Crippen LogP contribution in [0.4, 0.5) is 0 Å². The molecule has 1 heterocycles. The topological polar surface area (TPSA) is 0 Å². The molecule has 1 aromatic carbocycles. The summed E-state index contributed by atoms with van der Waals surface area (Å²) < 4.78 is 0. The summed E-state index contributed by atoms with van der Waals surface area (Å²) in [5.41, 5.74) is 4.26. The molecule has 0 saturated heterocycles. The van der Waals surface area contributed by atoms with Crippen molar-refractivity contribution in [2.45, 2.75) is 13.3 Å².